The van der Waals surface area contributed by atoms with Crippen LogP contribution in [-0.4, -0.2) is 30.5 Å². The van der Waals surface area contributed by atoms with Crippen molar-refractivity contribution in [3.05, 3.63) is 49.1 Å². The number of rotatable bonds is 4. The molecule has 19 heavy (non-hydrogen) atoms. The summed E-state index contributed by atoms with van der Waals surface area (Å²) in [5.74, 6) is -1.17. The molecule has 2 aromatic heterocycles. The Morgan fingerprint density at radius 3 is 2.89 bits per heavy atom. The number of aromatic carboxylic acids is 1. The summed E-state index contributed by atoms with van der Waals surface area (Å²) in [4.78, 5) is 39.1. The van der Waals surface area contributed by atoms with Gasteiger partial charge in [0.25, 0.3) is 0 Å². The summed E-state index contributed by atoms with van der Waals surface area (Å²) in [5.41, 5.74) is -0.671. The van der Waals surface area contributed by atoms with Crippen LogP contribution in [0.5, 0.6) is 0 Å². The highest BCUT2D eigenvalue weighted by Gasteiger charge is 2.12. The number of aromatic nitrogens is 3. The molecule has 0 bridgehead atoms. The SMILES string of the molecule is O=C(O)c1nc(Cn2cc([N+](=O)[O-])cnc2=O)cs1. The molecule has 98 valence electrons. The third kappa shape index (κ3) is 2.80. The second-order valence-corrected chi connectivity index (χ2v) is 4.29. The fourth-order valence-electron chi connectivity index (χ4n) is 1.30. The molecule has 0 atom stereocenters. The lowest BCUT2D eigenvalue weighted by Gasteiger charge is -2.01. The van der Waals surface area contributed by atoms with E-state index in [1.807, 2.05) is 0 Å². The predicted octanol–water partition coefficient (Wildman–Crippen LogP) is 0.354. The van der Waals surface area contributed by atoms with Crippen molar-refractivity contribution in [1.82, 2.24) is 14.5 Å². The highest BCUT2D eigenvalue weighted by molar-refractivity contribution is 7.11. The average molecular weight is 282 g/mol. The molecule has 1 N–H and O–H groups in total. The van der Waals surface area contributed by atoms with Gasteiger partial charge in [-0.15, -0.1) is 11.3 Å². The minimum absolute atomic E-state index is 0.0721. The zero-order chi connectivity index (χ0) is 14.0. The first-order valence-electron chi connectivity index (χ1n) is 4.86. The summed E-state index contributed by atoms with van der Waals surface area (Å²) >= 11 is 0.913. The molecule has 2 aromatic rings. The van der Waals surface area contributed by atoms with Crippen molar-refractivity contribution in [3.63, 3.8) is 0 Å². The molecular formula is C9H6N4O5S. The maximum Gasteiger partial charge on any atom is 0.365 e. The molecule has 0 aliphatic carbocycles. The molecular weight excluding hydrogens is 276 g/mol. The van der Waals surface area contributed by atoms with E-state index in [0.29, 0.717) is 5.69 Å². The van der Waals surface area contributed by atoms with Crippen LogP contribution in [0.25, 0.3) is 0 Å². The lowest BCUT2D eigenvalue weighted by molar-refractivity contribution is -0.385. The summed E-state index contributed by atoms with van der Waals surface area (Å²) in [7, 11) is 0. The zero-order valence-corrected chi connectivity index (χ0v) is 10.0. The Morgan fingerprint density at radius 1 is 1.58 bits per heavy atom. The first kappa shape index (κ1) is 12.8. The predicted molar refractivity (Wildman–Crippen MR) is 63.3 cm³/mol. The van der Waals surface area contributed by atoms with Crippen molar-refractivity contribution in [3.8, 4) is 0 Å². The van der Waals surface area contributed by atoms with Crippen LogP contribution in [0.1, 0.15) is 15.5 Å². The van der Waals surface area contributed by atoms with Gasteiger partial charge in [-0.25, -0.2) is 14.6 Å². The molecule has 2 rings (SSSR count). The Balaban J connectivity index is 2.31. The molecule has 0 amide bonds. The Bertz CT molecular complexity index is 707. The molecule has 0 unspecified atom stereocenters. The molecule has 0 saturated carbocycles. The second-order valence-electron chi connectivity index (χ2n) is 3.43. The summed E-state index contributed by atoms with van der Waals surface area (Å²) < 4.78 is 0.999. The van der Waals surface area contributed by atoms with E-state index in [9.17, 15) is 19.7 Å². The number of hydrogen-bond acceptors (Lipinski definition) is 7. The van der Waals surface area contributed by atoms with Gasteiger partial charge in [0.15, 0.2) is 0 Å². The van der Waals surface area contributed by atoms with Gasteiger partial charge < -0.3 is 5.11 Å². The van der Waals surface area contributed by atoms with Crippen molar-refractivity contribution < 1.29 is 14.8 Å². The Hall–Kier alpha value is -2.62. The summed E-state index contributed by atoms with van der Waals surface area (Å²) in [6.07, 6.45) is 1.90. The maximum absolute atomic E-state index is 11.4. The van der Waals surface area contributed by atoms with E-state index >= 15 is 0 Å². The molecule has 10 heteroatoms. The number of carboxylic acid groups (broad SMARTS) is 1. The monoisotopic (exact) mass is 282 g/mol. The molecule has 0 fully saturated rings. The van der Waals surface area contributed by atoms with E-state index in [2.05, 4.69) is 9.97 Å². The van der Waals surface area contributed by atoms with E-state index in [1.54, 1.807) is 0 Å². The molecule has 0 aliphatic rings. The largest absolute Gasteiger partial charge is 0.476 e. The van der Waals surface area contributed by atoms with Gasteiger partial charge in [-0.05, 0) is 0 Å². The van der Waals surface area contributed by atoms with Crippen LogP contribution in [0.2, 0.25) is 0 Å². The van der Waals surface area contributed by atoms with Crippen LogP contribution in [-0.2, 0) is 6.54 Å². The lowest BCUT2D eigenvalue weighted by atomic mass is 10.4. The topological polar surface area (TPSA) is 128 Å². The van der Waals surface area contributed by atoms with Gasteiger partial charge in [-0.3, -0.25) is 14.7 Å². The van der Waals surface area contributed by atoms with Crippen LogP contribution < -0.4 is 5.69 Å². The van der Waals surface area contributed by atoms with Crippen molar-refractivity contribution in [2.24, 2.45) is 0 Å². The molecule has 0 radical (unpaired) electrons. The quantitative estimate of drug-likeness (QED) is 0.632. The van der Waals surface area contributed by atoms with Crippen molar-refractivity contribution in [2.45, 2.75) is 6.54 Å². The summed E-state index contributed by atoms with van der Waals surface area (Å²) in [6, 6.07) is 0. The van der Waals surface area contributed by atoms with Gasteiger partial charge >= 0.3 is 17.3 Å². The van der Waals surface area contributed by atoms with Crippen LogP contribution in [0, 0.1) is 10.1 Å². The number of carboxylic acids is 1. The molecule has 0 spiro atoms. The number of nitrogens with zero attached hydrogens (tertiary/aromatic N) is 4. The Kier molecular flexibility index (Phi) is 3.33. The molecule has 0 saturated heterocycles. The van der Waals surface area contributed by atoms with Gasteiger partial charge in [0.05, 0.1) is 23.4 Å². The second kappa shape index (κ2) is 4.94. The molecule has 2 heterocycles. The van der Waals surface area contributed by atoms with Gasteiger partial charge in [0, 0.05) is 5.38 Å². The van der Waals surface area contributed by atoms with Gasteiger partial charge in [0.2, 0.25) is 5.01 Å². The van der Waals surface area contributed by atoms with E-state index in [0.717, 1.165) is 28.3 Å². The first-order valence-corrected chi connectivity index (χ1v) is 5.74. The summed E-state index contributed by atoms with van der Waals surface area (Å²) in [6.45, 7) is -0.0721. The zero-order valence-electron chi connectivity index (χ0n) is 9.22. The third-order valence-corrected chi connectivity index (χ3v) is 3.00. The van der Waals surface area contributed by atoms with Gasteiger partial charge in [-0.1, -0.05) is 0 Å². The fraction of sp³-hybridized carbons (Fsp3) is 0.111. The van der Waals surface area contributed by atoms with Crippen LogP contribution in [0.15, 0.2) is 22.6 Å². The fourth-order valence-corrected chi connectivity index (χ4v) is 1.95. The highest BCUT2D eigenvalue weighted by Crippen LogP contribution is 2.11. The first-order chi connectivity index (χ1) is 8.97. The molecule has 9 nitrogen and oxygen atoms in total. The Morgan fingerprint density at radius 2 is 2.32 bits per heavy atom. The third-order valence-electron chi connectivity index (χ3n) is 2.12. The minimum Gasteiger partial charge on any atom is -0.476 e. The smallest absolute Gasteiger partial charge is 0.365 e. The van der Waals surface area contributed by atoms with Crippen LogP contribution in [0.3, 0.4) is 0 Å². The molecule has 0 aromatic carbocycles. The lowest BCUT2D eigenvalue weighted by Crippen LogP contribution is -2.23. The number of nitro groups is 1. The van der Waals surface area contributed by atoms with E-state index < -0.39 is 16.6 Å². The van der Waals surface area contributed by atoms with Crippen molar-refractivity contribution >= 4 is 23.0 Å². The average Bonchev–Trinajstić information content (AvgIpc) is 2.80. The van der Waals surface area contributed by atoms with Gasteiger partial charge in [-0.2, -0.15) is 4.98 Å². The maximum atomic E-state index is 11.4. The van der Waals surface area contributed by atoms with E-state index in [4.69, 9.17) is 5.11 Å². The Labute approximate surface area is 108 Å². The summed E-state index contributed by atoms with van der Waals surface area (Å²) in [5, 5.41) is 20.6. The van der Waals surface area contributed by atoms with E-state index in [1.165, 1.54) is 5.38 Å². The van der Waals surface area contributed by atoms with Crippen LogP contribution in [0.4, 0.5) is 5.69 Å². The number of thiazole rings is 1. The highest BCUT2D eigenvalue weighted by atomic mass is 32.1. The normalized spacial score (nSPS) is 10.3. The minimum atomic E-state index is -1.17. The number of carbonyl (C=O) groups is 1. The number of hydrogen-bond donors (Lipinski definition) is 1. The van der Waals surface area contributed by atoms with Crippen LogP contribution >= 0.6 is 11.3 Å². The van der Waals surface area contributed by atoms with Gasteiger partial charge in [0.1, 0.15) is 6.20 Å². The van der Waals surface area contributed by atoms with E-state index in [-0.39, 0.29) is 17.2 Å². The van der Waals surface area contributed by atoms with Crippen molar-refractivity contribution in [2.75, 3.05) is 0 Å². The van der Waals surface area contributed by atoms with Crippen molar-refractivity contribution in [1.29, 1.82) is 0 Å². The standard InChI is InChI=1S/C9H6N4O5S/c14-8(15)7-11-5(4-19-7)2-12-3-6(13(17)18)1-10-9(12)16/h1,3-4H,2H2,(H,14,15). The molecule has 0 aliphatic heterocycles.